The second-order valence-corrected chi connectivity index (χ2v) is 13.2. The third kappa shape index (κ3) is 20.8. The van der Waals surface area contributed by atoms with Crippen LogP contribution in [-0.4, -0.2) is 115 Å². The SMILES string of the molecule is BrCc1ccccc1CBr.COC(=O)C1Cc2ccccc2CC(C(=O)OC)C1=O.COC(=O)CC(=O)CC(=O)OC.C[O-].O=C1CCc2ccccc2CC1.[Ca+2].[H-].[H-].[Na+]. The van der Waals surface area contributed by atoms with Gasteiger partial charge in [-0.05, 0) is 59.1 Å². The Morgan fingerprint density at radius 1 is 0.586 bits per heavy atom. The number of carbonyl (C=O) groups is 7. The van der Waals surface area contributed by atoms with Gasteiger partial charge in [-0.25, -0.2) is 0 Å². The van der Waals surface area contributed by atoms with E-state index in [1.54, 1.807) is 0 Å². The van der Waals surface area contributed by atoms with Gasteiger partial charge in [-0.2, -0.15) is 7.11 Å². The van der Waals surface area contributed by atoms with Crippen LogP contribution in [0.5, 0.6) is 0 Å². The molecule has 3 aromatic rings. The van der Waals surface area contributed by atoms with Crippen molar-refractivity contribution in [3.8, 4) is 0 Å². The average Bonchev–Trinajstić information content (AvgIpc) is 3.52. The van der Waals surface area contributed by atoms with Gasteiger partial charge in [0.25, 0.3) is 0 Å². The summed E-state index contributed by atoms with van der Waals surface area (Å²) in [5.74, 6) is -4.95. The number of hydrogen-bond acceptors (Lipinski definition) is 12. The average molecular weight is 971 g/mol. The van der Waals surface area contributed by atoms with E-state index in [0.29, 0.717) is 5.78 Å². The number of halogens is 2. The van der Waals surface area contributed by atoms with Gasteiger partial charge in [0.15, 0.2) is 11.6 Å². The molecular weight excluding hydrogens is 919 g/mol. The number of esters is 4. The second kappa shape index (κ2) is 33.4. The molecule has 0 saturated heterocycles. The number of methoxy groups -OCH3 is 4. The molecule has 2 aliphatic rings. The van der Waals surface area contributed by atoms with Gasteiger partial charge in [0, 0.05) is 23.5 Å². The van der Waals surface area contributed by atoms with Gasteiger partial charge in [-0.3, -0.25) is 33.6 Å². The summed E-state index contributed by atoms with van der Waals surface area (Å²) in [6, 6.07) is 24.1. The van der Waals surface area contributed by atoms with Crippen molar-refractivity contribution < 1.29 is 90.0 Å². The number of aryl methyl sites for hydroxylation is 2. The van der Waals surface area contributed by atoms with Gasteiger partial charge in [0.1, 0.15) is 30.5 Å². The van der Waals surface area contributed by atoms with E-state index < -0.39 is 47.3 Å². The summed E-state index contributed by atoms with van der Waals surface area (Å²) in [6.07, 6.45) is 3.10. The molecule has 0 aromatic heterocycles. The standard InChI is InChI=1S/C15H16O5.C11H12O.C8H8Br2.C7H10O5.CH3O.Ca.Na.2H/c1-19-14(17)11-7-9-5-3-4-6-10(9)8-12(13(11)16)15(18)20-2;12-11-7-5-9-3-1-2-4-10(9)6-8-11;9-5-7-3-1-2-4-8(7)6-10;1-11-6(9)3-5(8)4-7(10)12-2;1-2;;;;/h3-6,11-12H,7-8H2,1-2H3;1-4H,5-8H2;1-4H,5-6H2;3-4H2,1-2H3;1H3;;;;/q;;;;-1;+2;+1;2*-1. The molecule has 2 atom stereocenters. The van der Waals surface area contributed by atoms with E-state index >= 15 is 0 Å². The molecule has 0 bridgehead atoms. The van der Waals surface area contributed by atoms with Crippen molar-refractivity contribution in [3.63, 3.8) is 0 Å². The van der Waals surface area contributed by atoms with Crippen LogP contribution >= 0.6 is 31.9 Å². The zero-order valence-electron chi connectivity index (χ0n) is 36.0. The van der Waals surface area contributed by atoms with Gasteiger partial charge < -0.3 is 26.9 Å². The van der Waals surface area contributed by atoms with Crippen LogP contribution in [0.25, 0.3) is 0 Å². The molecule has 0 aliphatic heterocycles. The molecule has 0 N–H and O–H groups in total. The molecule has 0 heterocycles. The first kappa shape index (κ1) is 57.8. The number of ether oxygens (including phenoxy) is 4. The fraction of sp³-hybridized carbons (Fsp3) is 0.405. The summed E-state index contributed by atoms with van der Waals surface area (Å²) >= 11 is 6.86. The molecule has 2 aliphatic carbocycles. The van der Waals surface area contributed by atoms with Crippen molar-refractivity contribution in [2.24, 2.45) is 11.8 Å². The summed E-state index contributed by atoms with van der Waals surface area (Å²) in [7, 11) is 5.57. The van der Waals surface area contributed by atoms with Crippen LogP contribution in [0.3, 0.4) is 0 Å². The zero-order chi connectivity index (χ0) is 42.0. The zero-order valence-corrected chi connectivity index (χ0v) is 41.4. The predicted molar refractivity (Wildman–Crippen MR) is 222 cm³/mol. The topological polar surface area (TPSA) is 179 Å². The van der Waals surface area contributed by atoms with E-state index in [1.807, 2.05) is 24.3 Å². The largest absolute Gasteiger partial charge is 2.00 e. The maximum Gasteiger partial charge on any atom is 2.00 e. The number of carbonyl (C=O) groups excluding carboxylic acids is 7. The maximum atomic E-state index is 12.4. The number of benzene rings is 3. The van der Waals surface area contributed by atoms with Gasteiger partial charge in [-0.1, -0.05) is 105 Å². The first-order valence-electron chi connectivity index (χ1n) is 17.5. The Hall–Kier alpha value is -2.27. The van der Waals surface area contributed by atoms with E-state index in [9.17, 15) is 33.6 Å². The molecule has 2 unspecified atom stereocenters. The van der Waals surface area contributed by atoms with E-state index in [4.69, 9.17) is 5.11 Å². The molecule has 58 heavy (non-hydrogen) atoms. The van der Waals surface area contributed by atoms with Gasteiger partial charge in [0.05, 0.1) is 28.4 Å². The maximum absolute atomic E-state index is 12.4. The van der Waals surface area contributed by atoms with Crippen molar-refractivity contribution in [1.82, 2.24) is 0 Å². The van der Waals surface area contributed by atoms with Crippen LogP contribution in [0.2, 0.25) is 0 Å². The number of fused-ring (bicyclic) bond motifs is 2. The van der Waals surface area contributed by atoms with E-state index in [1.165, 1.54) is 50.7 Å². The summed E-state index contributed by atoms with van der Waals surface area (Å²) < 4.78 is 17.8. The van der Waals surface area contributed by atoms with Crippen molar-refractivity contribution in [3.05, 3.63) is 106 Å². The minimum atomic E-state index is -0.951. The molecule has 0 fully saturated rings. The van der Waals surface area contributed by atoms with Crippen LogP contribution in [0.15, 0.2) is 72.8 Å². The molecule has 0 amide bonds. The first-order valence-corrected chi connectivity index (χ1v) is 19.8. The normalized spacial score (nSPS) is 14.6. The van der Waals surface area contributed by atoms with Crippen LogP contribution in [0.1, 0.15) is 61.9 Å². The number of ketones is 3. The van der Waals surface area contributed by atoms with Crippen molar-refractivity contribution in [1.29, 1.82) is 0 Å². The monoisotopic (exact) mass is 968 g/mol. The summed E-state index contributed by atoms with van der Waals surface area (Å²) in [5.41, 5.74) is 7.23. The first-order chi connectivity index (χ1) is 26.9. The number of hydrogen-bond donors (Lipinski definition) is 0. The molecule has 3 aromatic carbocycles. The summed E-state index contributed by atoms with van der Waals surface area (Å²) in [5, 5.41) is 10.1. The fourth-order valence-corrected chi connectivity index (χ4v) is 6.68. The molecule has 5 rings (SSSR count). The Kier molecular flexibility index (Phi) is 33.3. The molecule has 0 radical (unpaired) electrons. The van der Waals surface area contributed by atoms with Crippen molar-refractivity contribution >= 4 is 111 Å². The number of rotatable bonds is 8. The quantitative estimate of drug-likeness (QED) is 0.0803. The Bertz CT molecular complexity index is 1660. The van der Waals surface area contributed by atoms with E-state index in [-0.39, 0.29) is 95.8 Å². The fourth-order valence-electron chi connectivity index (χ4n) is 5.59. The Morgan fingerprint density at radius 2 is 0.914 bits per heavy atom. The molecular formula is C42H51Br2CaNaO12. The van der Waals surface area contributed by atoms with Gasteiger partial charge in [0.2, 0.25) is 0 Å². The molecule has 0 spiro atoms. The number of alkyl halides is 2. The third-order valence-electron chi connectivity index (χ3n) is 8.63. The van der Waals surface area contributed by atoms with Gasteiger partial charge in [-0.15, -0.1) is 0 Å². The molecule has 308 valence electrons. The Balaban J connectivity index is -0.000000348. The third-order valence-corrected chi connectivity index (χ3v) is 9.84. The number of Topliss-reactive ketones (excluding diaryl/α,β-unsaturated/α-hetero) is 3. The van der Waals surface area contributed by atoms with Gasteiger partial charge >= 0.3 is 91.2 Å². The smallest absolute Gasteiger partial charge is 1.00 e. The van der Waals surface area contributed by atoms with E-state index in [2.05, 4.69) is 99.3 Å². The second-order valence-electron chi connectivity index (χ2n) is 12.1. The van der Waals surface area contributed by atoms with Crippen molar-refractivity contribution in [2.45, 2.75) is 62.0 Å². The van der Waals surface area contributed by atoms with Crippen LogP contribution in [-0.2, 0) is 88.9 Å². The molecule has 12 nitrogen and oxygen atoms in total. The summed E-state index contributed by atoms with van der Waals surface area (Å²) in [6.45, 7) is 0. The minimum absolute atomic E-state index is 0. The predicted octanol–water partition coefficient (Wildman–Crippen LogP) is 2.05. The van der Waals surface area contributed by atoms with Crippen LogP contribution in [0, 0.1) is 11.8 Å². The van der Waals surface area contributed by atoms with Crippen LogP contribution in [0.4, 0.5) is 0 Å². The Morgan fingerprint density at radius 3 is 1.22 bits per heavy atom. The van der Waals surface area contributed by atoms with E-state index in [0.717, 1.165) is 54.6 Å². The van der Waals surface area contributed by atoms with Crippen molar-refractivity contribution in [2.75, 3.05) is 35.5 Å². The molecule has 16 heteroatoms. The van der Waals surface area contributed by atoms with Crippen LogP contribution < -0.4 is 34.7 Å². The summed E-state index contributed by atoms with van der Waals surface area (Å²) in [4.78, 5) is 78.9. The Labute approximate surface area is 412 Å². The minimum Gasteiger partial charge on any atom is -1.00 e. The molecule has 0 saturated carbocycles.